The lowest BCUT2D eigenvalue weighted by Crippen LogP contribution is -2.07. The molecule has 0 spiro atoms. The number of aromatic amines is 2. The first-order valence-electron chi connectivity index (χ1n) is 9.25. The molecular weight excluding hydrogens is 386 g/mol. The van der Waals surface area contributed by atoms with Crippen molar-refractivity contribution < 1.29 is 0 Å². The summed E-state index contributed by atoms with van der Waals surface area (Å²) in [6.07, 6.45) is 9.28. The maximum absolute atomic E-state index is 6.36. The van der Waals surface area contributed by atoms with Crippen LogP contribution in [0.1, 0.15) is 24.2 Å². The molecule has 1 atom stereocenters. The largest absolute Gasteiger partial charge is 0.344 e. The van der Waals surface area contributed by atoms with E-state index < -0.39 is 0 Å². The molecule has 4 aromatic heterocycles. The molecule has 7 nitrogen and oxygen atoms in total. The van der Waals surface area contributed by atoms with Crippen LogP contribution >= 0.6 is 11.6 Å². The number of nitrogens with zero attached hydrogens (tertiary/aromatic N) is 5. The molecular formula is C21H18ClN7. The Hall–Kier alpha value is -3.45. The molecule has 0 amide bonds. The summed E-state index contributed by atoms with van der Waals surface area (Å²) in [5.41, 5.74) is 7.15. The molecule has 0 unspecified atom stereocenters. The van der Waals surface area contributed by atoms with Crippen LogP contribution in [0.3, 0.4) is 0 Å². The molecule has 0 bridgehead atoms. The van der Waals surface area contributed by atoms with E-state index in [1.54, 1.807) is 12.4 Å². The number of hydrogen-bond acceptors (Lipinski definition) is 4. The molecule has 8 heteroatoms. The quantitative estimate of drug-likeness (QED) is 0.452. The average Bonchev–Trinajstić information content (AvgIpc) is 3.46. The van der Waals surface area contributed by atoms with Crippen LogP contribution in [-0.2, 0) is 0 Å². The Morgan fingerprint density at radius 1 is 1.10 bits per heavy atom. The number of benzene rings is 1. The van der Waals surface area contributed by atoms with Gasteiger partial charge in [-0.25, -0.2) is 9.97 Å². The van der Waals surface area contributed by atoms with E-state index in [1.165, 1.54) is 0 Å². The summed E-state index contributed by atoms with van der Waals surface area (Å²) in [6.45, 7) is 4.04. The van der Waals surface area contributed by atoms with Crippen molar-refractivity contribution in [2.24, 2.45) is 0 Å². The van der Waals surface area contributed by atoms with Crippen molar-refractivity contribution in [2.45, 2.75) is 19.9 Å². The van der Waals surface area contributed by atoms with Crippen LogP contribution < -0.4 is 0 Å². The third-order valence-electron chi connectivity index (χ3n) is 5.15. The van der Waals surface area contributed by atoms with Crippen molar-refractivity contribution in [2.75, 3.05) is 0 Å². The molecule has 5 aromatic rings. The van der Waals surface area contributed by atoms with E-state index in [-0.39, 0.29) is 6.04 Å². The first-order chi connectivity index (χ1) is 14.1. The lowest BCUT2D eigenvalue weighted by molar-refractivity contribution is 0.565. The fourth-order valence-corrected chi connectivity index (χ4v) is 3.79. The third-order valence-corrected chi connectivity index (χ3v) is 5.50. The zero-order valence-corrected chi connectivity index (χ0v) is 16.6. The van der Waals surface area contributed by atoms with Gasteiger partial charge in [0, 0.05) is 39.8 Å². The second kappa shape index (κ2) is 6.86. The van der Waals surface area contributed by atoms with Gasteiger partial charge < -0.3 is 4.98 Å². The molecule has 0 saturated heterocycles. The summed E-state index contributed by atoms with van der Waals surface area (Å²) in [4.78, 5) is 12.5. The lowest BCUT2D eigenvalue weighted by atomic mass is 10.1. The number of fused-ring (bicyclic) bond motifs is 1. The average molecular weight is 404 g/mol. The fourth-order valence-electron chi connectivity index (χ4n) is 3.50. The molecule has 0 fully saturated rings. The highest BCUT2D eigenvalue weighted by atomic mass is 35.5. The molecule has 0 aliphatic carbocycles. The predicted octanol–water partition coefficient (Wildman–Crippen LogP) is 4.78. The van der Waals surface area contributed by atoms with Gasteiger partial charge in [0.25, 0.3) is 0 Å². The normalized spacial score (nSPS) is 12.5. The van der Waals surface area contributed by atoms with Crippen molar-refractivity contribution in [1.29, 1.82) is 0 Å². The van der Waals surface area contributed by atoms with Gasteiger partial charge in [0.15, 0.2) is 5.65 Å². The van der Waals surface area contributed by atoms with E-state index in [1.807, 2.05) is 54.5 Å². The Labute approximate surface area is 171 Å². The summed E-state index contributed by atoms with van der Waals surface area (Å²) in [7, 11) is 0. The van der Waals surface area contributed by atoms with Crippen LogP contribution in [0.2, 0.25) is 5.02 Å². The van der Waals surface area contributed by atoms with Crippen molar-refractivity contribution in [3.63, 3.8) is 0 Å². The van der Waals surface area contributed by atoms with Gasteiger partial charge in [-0.05, 0) is 25.5 Å². The Morgan fingerprint density at radius 3 is 2.76 bits per heavy atom. The number of nitrogens with one attached hydrogen (secondary N) is 2. The zero-order chi connectivity index (χ0) is 20.0. The van der Waals surface area contributed by atoms with Crippen LogP contribution in [0.25, 0.3) is 33.5 Å². The van der Waals surface area contributed by atoms with Gasteiger partial charge in [0.05, 0.1) is 30.3 Å². The number of aromatic nitrogens is 7. The SMILES string of the molecule is Cc1[nH]ncc1-c1cnc2[nH]cc(-c3cnn([C@H](C)c4ccccc4Cl)c3)c2n1. The van der Waals surface area contributed by atoms with E-state index in [4.69, 9.17) is 16.6 Å². The van der Waals surface area contributed by atoms with Gasteiger partial charge in [-0.15, -0.1) is 0 Å². The standard InChI is InChI=1S/C21H18ClN7/c1-12-16(9-25-28-12)19-10-24-21-20(27-19)17(8-23-21)14-7-26-29(11-14)13(2)15-5-3-4-6-18(15)22/h3-11,13H,1-2H3,(H,23,24)(H,25,28)/t13-/m1/s1. The van der Waals surface area contributed by atoms with Crippen LogP contribution in [0, 0.1) is 6.92 Å². The van der Waals surface area contributed by atoms with E-state index in [2.05, 4.69) is 32.2 Å². The van der Waals surface area contributed by atoms with Crippen molar-refractivity contribution in [3.05, 3.63) is 71.5 Å². The summed E-state index contributed by atoms with van der Waals surface area (Å²) >= 11 is 6.36. The molecule has 0 saturated carbocycles. The second-order valence-corrected chi connectivity index (χ2v) is 7.38. The van der Waals surface area contributed by atoms with E-state index in [0.29, 0.717) is 0 Å². The van der Waals surface area contributed by atoms with E-state index in [0.717, 1.165) is 49.8 Å². The van der Waals surface area contributed by atoms with E-state index >= 15 is 0 Å². The highest BCUT2D eigenvalue weighted by molar-refractivity contribution is 6.31. The Bertz CT molecular complexity index is 1310. The number of aryl methyl sites for hydroxylation is 1. The minimum absolute atomic E-state index is 0.0119. The summed E-state index contributed by atoms with van der Waals surface area (Å²) < 4.78 is 1.91. The third kappa shape index (κ3) is 3.00. The Balaban J connectivity index is 1.55. The van der Waals surface area contributed by atoms with Crippen LogP contribution in [0.15, 0.2) is 55.2 Å². The van der Waals surface area contributed by atoms with Crippen LogP contribution in [0.5, 0.6) is 0 Å². The monoisotopic (exact) mass is 403 g/mol. The first-order valence-corrected chi connectivity index (χ1v) is 9.63. The van der Waals surface area contributed by atoms with Gasteiger partial charge in [0.2, 0.25) is 0 Å². The molecule has 0 radical (unpaired) electrons. The smallest absolute Gasteiger partial charge is 0.156 e. The number of rotatable bonds is 4. The molecule has 1 aromatic carbocycles. The zero-order valence-electron chi connectivity index (χ0n) is 15.9. The number of hydrogen-bond donors (Lipinski definition) is 2. The van der Waals surface area contributed by atoms with Crippen molar-refractivity contribution in [3.8, 4) is 22.4 Å². The number of H-pyrrole nitrogens is 2. The minimum atomic E-state index is 0.0119. The summed E-state index contributed by atoms with van der Waals surface area (Å²) in [5.74, 6) is 0. The Kier molecular flexibility index (Phi) is 4.17. The van der Waals surface area contributed by atoms with Crippen molar-refractivity contribution >= 4 is 22.8 Å². The van der Waals surface area contributed by atoms with Gasteiger partial charge >= 0.3 is 0 Å². The molecule has 29 heavy (non-hydrogen) atoms. The van der Waals surface area contributed by atoms with Gasteiger partial charge in [0.1, 0.15) is 5.52 Å². The van der Waals surface area contributed by atoms with E-state index in [9.17, 15) is 0 Å². The van der Waals surface area contributed by atoms with Gasteiger partial charge in [-0.1, -0.05) is 29.8 Å². The highest BCUT2D eigenvalue weighted by Crippen LogP contribution is 2.31. The molecule has 144 valence electrons. The van der Waals surface area contributed by atoms with Crippen molar-refractivity contribution in [1.82, 2.24) is 34.9 Å². The number of halogens is 1. The molecule has 4 heterocycles. The maximum Gasteiger partial charge on any atom is 0.156 e. The lowest BCUT2D eigenvalue weighted by Gasteiger charge is -2.13. The van der Waals surface area contributed by atoms with Crippen LogP contribution in [-0.4, -0.2) is 34.9 Å². The Morgan fingerprint density at radius 2 is 1.97 bits per heavy atom. The first kappa shape index (κ1) is 17.6. The highest BCUT2D eigenvalue weighted by Gasteiger charge is 2.16. The maximum atomic E-state index is 6.36. The molecule has 5 rings (SSSR count). The second-order valence-electron chi connectivity index (χ2n) is 6.97. The molecule has 0 aliphatic heterocycles. The predicted molar refractivity (Wildman–Crippen MR) is 113 cm³/mol. The molecule has 0 aliphatic rings. The fraction of sp³-hybridized carbons (Fsp3) is 0.143. The summed E-state index contributed by atoms with van der Waals surface area (Å²) in [5, 5.41) is 12.3. The molecule has 2 N–H and O–H groups in total. The van der Waals surface area contributed by atoms with Gasteiger partial charge in [-0.3, -0.25) is 9.78 Å². The van der Waals surface area contributed by atoms with Crippen LogP contribution in [0.4, 0.5) is 0 Å². The van der Waals surface area contributed by atoms with Gasteiger partial charge in [-0.2, -0.15) is 10.2 Å². The summed E-state index contributed by atoms with van der Waals surface area (Å²) in [6, 6.07) is 7.84. The minimum Gasteiger partial charge on any atom is -0.344 e. The topological polar surface area (TPSA) is 88.1 Å².